The number of alkyl halides is 2. The van der Waals surface area contributed by atoms with Crippen LogP contribution in [0.25, 0.3) is 22.4 Å². The third kappa shape index (κ3) is 5.37. The predicted molar refractivity (Wildman–Crippen MR) is 150 cm³/mol. The first kappa shape index (κ1) is 26.8. The summed E-state index contributed by atoms with van der Waals surface area (Å²) in [6.45, 7) is 0.521. The summed E-state index contributed by atoms with van der Waals surface area (Å²) in [5.74, 6) is -0.401. The lowest BCUT2D eigenvalue weighted by Gasteiger charge is -2.29. The van der Waals surface area contributed by atoms with E-state index >= 15 is 0 Å². The van der Waals surface area contributed by atoms with Crippen molar-refractivity contribution in [2.45, 2.75) is 44.7 Å². The van der Waals surface area contributed by atoms with Gasteiger partial charge in [-0.25, -0.2) is 18.3 Å². The number of halogens is 3. The summed E-state index contributed by atoms with van der Waals surface area (Å²) in [6.07, 6.45) is 7.93. The van der Waals surface area contributed by atoms with Crippen molar-refractivity contribution in [2.24, 2.45) is 5.92 Å². The molecule has 12 heteroatoms. The molecule has 1 N–H and O–H groups in total. The lowest BCUT2D eigenvalue weighted by molar-refractivity contribution is 0.0904. The van der Waals surface area contributed by atoms with Gasteiger partial charge in [-0.15, -0.1) is 0 Å². The van der Waals surface area contributed by atoms with Gasteiger partial charge in [-0.3, -0.25) is 23.9 Å². The number of pyridine rings is 2. The predicted octanol–water partition coefficient (Wildman–Crippen LogP) is 5.35. The fourth-order valence-electron chi connectivity index (χ4n) is 5.54. The number of carbonyl (C=O) groups is 1. The third-order valence-corrected chi connectivity index (χ3v) is 7.74. The van der Waals surface area contributed by atoms with E-state index in [2.05, 4.69) is 20.4 Å². The average Bonchev–Trinajstić information content (AvgIpc) is 3.61. The van der Waals surface area contributed by atoms with Gasteiger partial charge in [-0.1, -0.05) is 23.7 Å². The molecule has 1 amide bonds. The van der Waals surface area contributed by atoms with Crippen LogP contribution in [0.5, 0.6) is 0 Å². The Hall–Kier alpha value is -4.38. The van der Waals surface area contributed by atoms with Crippen molar-refractivity contribution in [2.75, 3.05) is 0 Å². The molecule has 1 aromatic carbocycles. The highest BCUT2D eigenvalue weighted by molar-refractivity contribution is 6.30. The van der Waals surface area contributed by atoms with E-state index in [-0.39, 0.29) is 28.2 Å². The lowest BCUT2D eigenvalue weighted by atomic mass is 9.85. The van der Waals surface area contributed by atoms with E-state index in [0.29, 0.717) is 25.1 Å². The van der Waals surface area contributed by atoms with Crippen molar-refractivity contribution in [3.63, 3.8) is 0 Å². The van der Waals surface area contributed by atoms with Gasteiger partial charge in [0, 0.05) is 31.2 Å². The molecule has 1 fully saturated rings. The highest BCUT2D eigenvalue weighted by Gasteiger charge is 2.27. The number of aromatic nitrogens is 6. The second-order valence-corrected chi connectivity index (χ2v) is 10.6. The first-order valence-electron chi connectivity index (χ1n) is 13.3. The molecule has 210 valence electrons. The summed E-state index contributed by atoms with van der Waals surface area (Å²) in [4.78, 5) is 34.6. The van der Waals surface area contributed by atoms with Gasteiger partial charge < -0.3 is 5.32 Å². The third-order valence-electron chi connectivity index (χ3n) is 7.53. The summed E-state index contributed by atoms with van der Waals surface area (Å²) in [5.41, 5.74) is 2.04. The molecular formula is C29H26ClF2N7O2. The Balaban J connectivity index is 1.19. The Morgan fingerprint density at radius 3 is 2.51 bits per heavy atom. The number of nitrogens with zero attached hydrogens (tertiary/aromatic N) is 6. The Morgan fingerprint density at radius 2 is 1.78 bits per heavy atom. The standard InChI is InChI=1S/C29H26ClF2N7O2/c30-19-12-23(26(27(31)32)34-14-19)28(40)36-20-8-6-18(7-9-20)17-37-24-4-1-2-5-25(24)39(29(37)41)22-13-21(15-33-16-22)38-11-3-10-35-38/h1-5,10-16,18,20,27H,6-9,17H2,(H,36,40)/t18-,20-. The van der Waals surface area contributed by atoms with Crippen molar-refractivity contribution in [1.29, 1.82) is 0 Å². The summed E-state index contributed by atoms with van der Waals surface area (Å²) in [7, 11) is 0. The Bertz CT molecular complexity index is 1760. The topological polar surface area (TPSA) is 99.6 Å². The maximum Gasteiger partial charge on any atom is 0.333 e. The molecule has 4 aromatic heterocycles. The highest BCUT2D eigenvalue weighted by Crippen LogP contribution is 2.29. The number of nitrogens with one attached hydrogen (secondary N) is 1. The first-order chi connectivity index (χ1) is 19.9. The molecule has 1 saturated carbocycles. The zero-order valence-electron chi connectivity index (χ0n) is 21.8. The van der Waals surface area contributed by atoms with Crippen molar-refractivity contribution in [3.8, 4) is 11.4 Å². The van der Waals surface area contributed by atoms with Crippen LogP contribution in [0.2, 0.25) is 5.02 Å². The van der Waals surface area contributed by atoms with Crippen LogP contribution in [0, 0.1) is 5.92 Å². The number of carbonyl (C=O) groups excluding carboxylic acids is 1. The molecule has 4 heterocycles. The average molecular weight is 578 g/mol. The Morgan fingerprint density at radius 1 is 1.02 bits per heavy atom. The van der Waals surface area contributed by atoms with E-state index < -0.39 is 18.0 Å². The Labute approximate surface area is 238 Å². The molecule has 0 bridgehead atoms. The normalized spacial score (nSPS) is 17.3. The van der Waals surface area contributed by atoms with Gasteiger partial charge in [0.1, 0.15) is 5.69 Å². The fraction of sp³-hybridized carbons (Fsp3) is 0.276. The molecule has 0 spiro atoms. The van der Waals surface area contributed by atoms with Crippen LogP contribution in [-0.4, -0.2) is 40.8 Å². The van der Waals surface area contributed by atoms with Crippen LogP contribution in [-0.2, 0) is 6.54 Å². The maximum atomic E-state index is 13.8. The highest BCUT2D eigenvalue weighted by atomic mass is 35.5. The first-order valence-corrected chi connectivity index (χ1v) is 13.7. The van der Waals surface area contributed by atoms with E-state index in [1.807, 2.05) is 42.6 Å². The van der Waals surface area contributed by atoms with Crippen molar-refractivity contribution in [1.82, 2.24) is 34.2 Å². The maximum absolute atomic E-state index is 13.8. The van der Waals surface area contributed by atoms with Gasteiger partial charge >= 0.3 is 5.69 Å². The summed E-state index contributed by atoms with van der Waals surface area (Å²) < 4.78 is 31.9. The number of amides is 1. The lowest BCUT2D eigenvalue weighted by Crippen LogP contribution is -2.39. The zero-order valence-corrected chi connectivity index (χ0v) is 22.6. The number of hydrogen-bond donors (Lipinski definition) is 1. The summed E-state index contributed by atoms with van der Waals surface area (Å²) in [5, 5.41) is 7.25. The second-order valence-electron chi connectivity index (χ2n) is 10.1. The van der Waals surface area contributed by atoms with Gasteiger partial charge in [0.15, 0.2) is 0 Å². The quantitative estimate of drug-likeness (QED) is 0.281. The molecule has 0 unspecified atom stereocenters. The van der Waals surface area contributed by atoms with E-state index in [4.69, 9.17) is 11.6 Å². The molecule has 0 saturated heterocycles. The molecule has 0 atom stereocenters. The molecule has 9 nitrogen and oxygen atoms in total. The van der Waals surface area contributed by atoms with E-state index in [1.165, 1.54) is 6.07 Å². The SMILES string of the molecule is O=C(N[C@H]1CC[C@H](Cn2c(=O)n(-c3cncc(-n4cccn4)c3)c3ccccc32)CC1)c1cc(Cl)cnc1C(F)F. The zero-order chi connectivity index (χ0) is 28.5. The summed E-state index contributed by atoms with van der Waals surface area (Å²) >= 11 is 5.91. The van der Waals surface area contributed by atoms with E-state index in [9.17, 15) is 18.4 Å². The smallest absolute Gasteiger partial charge is 0.333 e. The van der Waals surface area contributed by atoms with Crippen LogP contribution in [0.4, 0.5) is 8.78 Å². The minimum absolute atomic E-state index is 0.122. The number of fused-ring (bicyclic) bond motifs is 1. The molecule has 41 heavy (non-hydrogen) atoms. The molecular weight excluding hydrogens is 552 g/mol. The molecule has 5 aromatic rings. The second kappa shape index (κ2) is 11.2. The number of hydrogen-bond acceptors (Lipinski definition) is 5. The molecule has 6 rings (SSSR count). The van der Waals surface area contributed by atoms with Crippen LogP contribution in [0.3, 0.4) is 0 Å². The van der Waals surface area contributed by atoms with Crippen molar-refractivity contribution in [3.05, 3.63) is 100 Å². The molecule has 0 aliphatic heterocycles. The van der Waals surface area contributed by atoms with Crippen LogP contribution in [0.15, 0.2) is 78.2 Å². The van der Waals surface area contributed by atoms with Gasteiger partial charge in [0.2, 0.25) is 0 Å². The monoisotopic (exact) mass is 577 g/mol. The van der Waals surface area contributed by atoms with Crippen LogP contribution in [0.1, 0.15) is 48.2 Å². The van der Waals surface area contributed by atoms with Gasteiger partial charge in [0.25, 0.3) is 12.3 Å². The number of benzene rings is 1. The fourth-order valence-corrected chi connectivity index (χ4v) is 5.69. The molecule has 1 aliphatic rings. The molecule has 1 aliphatic carbocycles. The van der Waals surface area contributed by atoms with E-state index in [1.54, 1.807) is 32.4 Å². The number of imidazole rings is 1. The number of para-hydroxylation sites is 2. The van der Waals surface area contributed by atoms with Gasteiger partial charge in [-0.2, -0.15) is 5.10 Å². The number of rotatable bonds is 7. The Kier molecular flexibility index (Phi) is 7.36. The van der Waals surface area contributed by atoms with Gasteiger partial charge in [0.05, 0.1) is 45.4 Å². The van der Waals surface area contributed by atoms with Crippen LogP contribution < -0.4 is 11.0 Å². The van der Waals surface area contributed by atoms with Gasteiger partial charge in [-0.05, 0) is 61.9 Å². The van der Waals surface area contributed by atoms with E-state index in [0.717, 1.165) is 35.8 Å². The van der Waals surface area contributed by atoms with Crippen LogP contribution >= 0.6 is 11.6 Å². The van der Waals surface area contributed by atoms with Crippen molar-refractivity contribution >= 4 is 28.5 Å². The minimum atomic E-state index is -2.88. The summed E-state index contributed by atoms with van der Waals surface area (Å²) in [6, 6.07) is 12.4. The van der Waals surface area contributed by atoms with Crippen molar-refractivity contribution < 1.29 is 13.6 Å². The largest absolute Gasteiger partial charge is 0.349 e. The minimum Gasteiger partial charge on any atom is -0.349 e. The molecule has 0 radical (unpaired) electrons.